The molecule has 28 heavy (non-hydrogen) atoms. The second-order valence-corrected chi connectivity index (χ2v) is 6.82. The van der Waals surface area contributed by atoms with Gasteiger partial charge in [0.25, 0.3) is 0 Å². The minimum absolute atomic E-state index is 0. The first-order valence-electron chi connectivity index (χ1n) is 9.68. The quantitative estimate of drug-likeness (QED) is 0.342. The van der Waals surface area contributed by atoms with Crippen molar-refractivity contribution in [2.75, 3.05) is 32.8 Å². The summed E-state index contributed by atoms with van der Waals surface area (Å²) < 4.78 is 11.1. The van der Waals surface area contributed by atoms with Crippen molar-refractivity contribution in [3.05, 3.63) is 47.6 Å². The zero-order valence-electron chi connectivity index (χ0n) is 16.6. The fraction of sp³-hybridized carbons (Fsp3) is 0.550. The van der Waals surface area contributed by atoms with Crippen molar-refractivity contribution in [1.29, 1.82) is 0 Å². The monoisotopic (exact) mass is 499 g/mol. The minimum Gasteiger partial charge on any atom is -0.376 e. The Morgan fingerprint density at radius 1 is 1.36 bits per heavy atom. The summed E-state index contributed by atoms with van der Waals surface area (Å²) in [5, 5.41) is 7.20. The number of aromatic nitrogens is 2. The summed E-state index contributed by atoms with van der Waals surface area (Å²) in [7, 11) is 0. The molecular weight excluding hydrogens is 469 g/mol. The lowest BCUT2D eigenvalue weighted by molar-refractivity contribution is 0.0907. The molecule has 2 aromatic rings. The summed E-state index contributed by atoms with van der Waals surface area (Å²) in [6, 6.07) is 10.3. The van der Waals surface area contributed by atoms with Crippen LogP contribution in [0.3, 0.4) is 0 Å². The van der Waals surface area contributed by atoms with E-state index in [9.17, 15) is 0 Å². The van der Waals surface area contributed by atoms with Crippen LogP contribution in [0, 0.1) is 12.8 Å². The molecule has 1 atom stereocenters. The molecule has 0 bridgehead atoms. The number of nitrogens with zero attached hydrogens (tertiary/aromatic N) is 4. The molecule has 3 rings (SSSR count). The van der Waals surface area contributed by atoms with Gasteiger partial charge in [0.15, 0.2) is 11.8 Å². The highest BCUT2D eigenvalue weighted by Crippen LogP contribution is 2.17. The molecule has 1 aliphatic rings. The highest BCUT2D eigenvalue weighted by Gasteiger charge is 2.25. The van der Waals surface area contributed by atoms with E-state index < -0.39 is 0 Å². The second kappa shape index (κ2) is 12.0. The van der Waals surface area contributed by atoms with Gasteiger partial charge in [-0.3, -0.25) is 4.99 Å². The number of ether oxygens (including phenoxy) is 1. The number of aryl methyl sites for hydroxylation is 1. The van der Waals surface area contributed by atoms with Crippen LogP contribution in [0.4, 0.5) is 0 Å². The fourth-order valence-electron chi connectivity index (χ4n) is 3.20. The Morgan fingerprint density at radius 3 is 2.89 bits per heavy atom. The smallest absolute Gasteiger partial charge is 0.228 e. The molecule has 2 heterocycles. The number of hydrogen-bond acceptors (Lipinski definition) is 5. The van der Waals surface area contributed by atoms with Crippen LogP contribution in [0.15, 0.2) is 39.8 Å². The molecule has 8 heteroatoms. The molecule has 0 spiro atoms. The van der Waals surface area contributed by atoms with Crippen LogP contribution in [-0.2, 0) is 17.8 Å². The van der Waals surface area contributed by atoms with Gasteiger partial charge in [0.05, 0.1) is 19.8 Å². The summed E-state index contributed by atoms with van der Waals surface area (Å²) in [6.45, 7) is 8.84. The van der Waals surface area contributed by atoms with Gasteiger partial charge in [0.2, 0.25) is 5.89 Å². The number of halogens is 1. The Kier molecular flexibility index (Phi) is 9.69. The molecule has 1 unspecified atom stereocenters. The molecule has 1 aromatic carbocycles. The van der Waals surface area contributed by atoms with Gasteiger partial charge in [-0.05, 0) is 25.8 Å². The largest absolute Gasteiger partial charge is 0.376 e. The standard InChI is InChI=1S/C20H29N5O2.HI/c1-3-21-20(22-11-9-19-23-16(2)24-27-19)25-12-10-18(13-25)15-26-14-17-7-5-4-6-8-17;/h4-8,18H,3,9-15H2,1-2H3,(H,21,22);1H. The molecule has 0 radical (unpaired) electrons. The SMILES string of the molecule is CCNC(=NCCc1nc(C)no1)N1CCC(COCc2ccccc2)C1.I. The average Bonchev–Trinajstić information content (AvgIpc) is 3.31. The highest BCUT2D eigenvalue weighted by molar-refractivity contribution is 14.0. The fourth-order valence-corrected chi connectivity index (χ4v) is 3.20. The molecule has 0 saturated carbocycles. The Labute approximate surface area is 184 Å². The first-order chi connectivity index (χ1) is 13.2. The maximum absolute atomic E-state index is 5.92. The summed E-state index contributed by atoms with van der Waals surface area (Å²) in [4.78, 5) is 11.3. The normalized spacial score (nSPS) is 16.9. The van der Waals surface area contributed by atoms with E-state index >= 15 is 0 Å². The first kappa shape index (κ1) is 22.6. The highest BCUT2D eigenvalue weighted by atomic mass is 127. The number of aliphatic imine (C=N–C) groups is 1. The molecule has 1 aromatic heterocycles. The van der Waals surface area contributed by atoms with Crippen LogP contribution < -0.4 is 5.32 Å². The summed E-state index contributed by atoms with van der Waals surface area (Å²) in [6.07, 6.45) is 1.79. The van der Waals surface area contributed by atoms with Gasteiger partial charge < -0.3 is 19.5 Å². The van der Waals surface area contributed by atoms with Gasteiger partial charge in [-0.15, -0.1) is 24.0 Å². The van der Waals surface area contributed by atoms with Crippen molar-refractivity contribution in [3.63, 3.8) is 0 Å². The molecule has 0 amide bonds. The number of benzene rings is 1. The molecule has 154 valence electrons. The number of nitrogens with one attached hydrogen (secondary N) is 1. The van der Waals surface area contributed by atoms with Crippen LogP contribution >= 0.6 is 24.0 Å². The number of guanidine groups is 1. The average molecular weight is 499 g/mol. The Morgan fingerprint density at radius 2 is 2.18 bits per heavy atom. The van der Waals surface area contributed by atoms with E-state index in [0.717, 1.165) is 38.6 Å². The zero-order chi connectivity index (χ0) is 18.9. The third kappa shape index (κ3) is 7.05. The van der Waals surface area contributed by atoms with Crippen molar-refractivity contribution >= 4 is 29.9 Å². The van der Waals surface area contributed by atoms with Gasteiger partial charge in [-0.2, -0.15) is 4.98 Å². The van der Waals surface area contributed by atoms with E-state index in [0.29, 0.717) is 37.2 Å². The predicted molar refractivity (Wildman–Crippen MR) is 120 cm³/mol. The van der Waals surface area contributed by atoms with Crippen molar-refractivity contribution in [2.24, 2.45) is 10.9 Å². The Balaban J connectivity index is 0.00000280. The molecule has 1 fully saturated rings. The van der Waals surface area contributed by atoms with Crippen molar-refractivity contribution in [3.8, 4) is 0 Å². The van der Waals surface area contributed by atoms with Crippen LogP contribution in [0.5, 0.6) is 0 Å². The van der Waals surface area contributed by atoms with Gasteiger partial charge in [-0.1, -0.05) is 35.5 Å². The zero-order valence-corrected chi connectivity index (χ0v) is 19.0. The van der Waals surface area contributed by atoms with E-state index in [2.05, 4.69) is 39.4 Å². The van der Waals surface area contributed by atoms with Gasteiger partial charge >= 0.3 is 0 Å². The van der Waals surface area contributed by atoms with Crippen molar-refractivity contribution in [2.45, 2.75) is 33.3 Å². The van der Waals surface area contributed by atoms with E-state index in [1.807, 2.05) is 25.1 Å². The number of rotatable bonds is 8. The number of likely N-dealkylation sites (tertiary alicyclic amines) is 1. The molecule has 1 N–H and O–H groups in total. The summed E-state index contributed by atoms with van der Waals surface area (Å²) >= 11 is 0. The van der Waals surface area contributed by atoms with E-state index in [-0.39, 0.29) is 24.0 Å². The summed E-state index contributed by atoms with van der Waals surface area (Å²) in [5.41, 5.74) is 1.22. The van der Waals surface area contributed by atoms with Gasteiger partial charge in [0.1, 0.15) is 0 Å². The van der Waals surface area contributed by atoms with Crippen LogP contribution in [0.2, 0.25) is 0 Å². The Bertz CT molecular complexity index is 722. The molecule has 0 aliphatic carbocycles. The van der Waals surface area contributed by atoms with Crippen LogP contribution in [0.1, 0.15) is 30.6 Å². The predicted octanol–water partition coefficient (Wildman–Crippen LogP) is 3.04. The molecule has 7 nitrogen and oxygen atoms in total. The van der Waals surface area contributed by atoms with E-state index in [4.69, 9.17) is 14.3 Å². The topological polar surface area (TPSA) is 75.8 Å². The maximum atomic E-state index is 5.92. The second-order valence-electron chi connectivity index (χ2n) is 6.82. The van der Waals surface area contributed by atoms with Gasteiger partial charge in [-0.25, -0.2) is 0 Å². The molecule has 1 aliphatic heterocycles. The van der Waals surface area contributed by atoms with E-state index in [1.54, 1.807) is 0 Å². The lowest BCUT2D eigenvalue weighted by Gasteiger charge is -2.21. The lowest BCUT2D eigenvalue weighted by atomic mass is 10.1. The molecule has 1 saturated heterocycles. The Hall–Kier alpha value is -1.68. The number of hydrogen-bond donors (Lipinski definition) is 1. The molecular formula is C20H30IN5O2. The third-order valence-electron chi connectivity index (χ3n) is 4.54. The third-order valence-corrected chi connectivity index (χ3v) is 4.54. The van der Waals surface area contributed by atoms with Crippen molar-refractivity contribution in [1.82, 2.24) is 20.4 Å². The van der Waals surface area contributed by atoms with E-state index in [1.165, 1.54) is 5.56 Å². The minimum atomic E-state index is 0. The van der Waals surface area contributed by atoms with Crippen LogP contribution in [0.25, 0.3) is 0 Å². The lowest BCUT2D eigenvalue weighted by Crippen LogP contribution is -2.40. The van der Waals surface area contributed by atoms with Gasteiger partial charge in [0, 0.05) is 32.0 Å². The summed E-state index contributed by atoms with van der Waals surface area (Å²) in [5.74, 6) is 2.80. The van der Waals surface area contributed by atoms with Crippen LogP contribution in [-0.4, -0.2) is 53.8 Å². The van der Waals surface area contributed by atoms with Crippen molar-refractivity contribution < 1.29 is 9.26 Å². The maximum Gasteiger partial charge on any atom is 0.228 e. The first-order valence-corrected chi connectivity index (χ1v) is 9.68.